The summed E-state index contributed by atoms with van der Waals surface area (Å²) in [5.41, 5.74) is 0.390. The Morgan fingerprint density at radius 2 is 1.73 bits per heavy atom. The molecule has 0 spiro atoms. The average Bonchev–Trinajstić information content (AvgIpc) is 2.72. The standard InChI is InChI=1S/C17H20N6O6S/c1-23(2)15(25)11-6-5-10(18-9-24)7-12(11)30(27)22-17(26)21-16-19-13(28-3)8-14(20-16)29-4/h5-9H,1-4H3,(H,18,24)(H2,19,20,21,22,26). The normalized spacial score (nSPS) is 11.1. The van der Waals surface area contributed by atoms with Crippen LogP contribution in [0.25, 0.3) is 0 Å². The number of carbonyl (C=O) groups is 3. The van der Waals surface area contributed by atoms with Gasteiger partial charge in [-0.1, -0.05) is 0 Å². The van der Waals surface area contributed by atoms with Crippen LogP contribution in [0.5, 0.6) is 11.8 Å². The third-order valence-corrected chi connectivity index (χ3v) is 4.66. The molecule has 0 aliphatic rings. The highest BCUT2D eigenvalue weighted by Gasteiger charge is 2.20. The number of anilines is 2. The lowest BCUT2D eigenvalue weighted by Gasteiger charge is -2.15. The number of nitrogens with one attached hydrogen (secondary N) is 3. The predicted molar refractivity (Wildman–Crippen MR) is 108 cm³/mol. The largest absolute Gasteiger partial charge is 0.481 e. The van der Waals surface area contributed by atoms with Crippen molar-refractivity contribution in [3.8, 4) is 11.8 Å². The van der Waals surface area contributed by atoms with Crippen LogP contribution in [-0.2, 0) is 15.8 Å². The molecule has 2 rings (SSSR count). The molecule has 0 aliphatic heterocycles. The molecule has 13 heteroatoms. The Labute approximate surface area is 174 Å². The summed E-state index contributed by atoms with van der Waals surface area (Å²) in [5.74, 6) is -0.296. The minimum Gasteiger partial charge on any atom is -0.481 e. The molecule has 0 radical (unpaired) electrons. The number of urea groups is 1. The number of carbonyl (C=O) groups excluding carboxylic acids is 3. The van der Waals surface area contributed by atoms with Gasteiger partial charge in [0.1, 0.15) is 0 Å². The smallest absolute Gasteiger partial charge is 0.333 e. The van der Waals surface area contributed by atoms with Crippen LogP contribution >= 0.6 is 0 Å². The van der Waals surface area contributed by atoms with Gasteiger partial charge in [0.25, 0.3) is 5.91 Å². The Bertz CT molecular complexity index is 961. The van der Waals surface area contributed by atoms with E-state index in [9.17, 15) is 18.6 Å². The number of hydrogen-bond acceptors (Lipinski definition) is 8. The molecule has 1 unspecified atom stereocenters. The van der Waals surface area contributed by atoms with E-state index in [2.05, 4.69) is 25.3 Å². The molecule has 12 nitrogen and oxygen atoms in total. The summed E-state index contributed by atoms with van der Waals surface area (Å²) in [4.78, 5) is 44.5. The first-order valence-electron chi connectivity index (χ1n) is 8.31. The third-order valence-electron chi connectivity index (χ3n) is 3.55. The molecule has 3 N–H and O–H groups in total. The van der Waals surface area contributed by atoms with E-state index >= 15 is 0 Å². The molecule has 0 saturated carbocycles. The Morgan fingerprint density at radius 1 is 1.10 bits per heavy atom. The zero-order valence-electron chi connectivity index (χ0n) is 16.6. The van der Waals surface area contributed by atoms with Crippen LogP contribution in [-0.4, -0.2) is 65.7 Å². The molecular formula is C17H20N6O6S. The van der Waals surface area contributed by atoms with Gasteiger partial charge in [0.2, 0.25) is 24.1 Å². The Kier molecular flexibility index (Phi) is 7.63. The van der Waals surface area contributed by atoms with Crippen molar-refractivity contribution in [2.75, 3.05) is 38.9 Å². The summed E-state index contributed by atoms with van der Waals surface area (Å²) in [7, 11) is 3.67. The van der Waals surface area contributed by atoms with Gasteiger partial charge in [0.05, 0.1) is 30.7 Å². The van der Waals surface area contributed by atoms with Crippen molar-refractivity contribution in [3.63, 3.8) is 0 Å². The Morgan fingerprint density at radius 3 is 2.27 bits per heavy atom. The SMILES string of the molecule is COc1cc(OC)nc(NC(=O)NS(=O)c2cc(NC=O)ccc2C(=O)N(C)C)n1. The second kappa shape index (κ2) is 10.2. The van der Waals surface area contributed by atoms with Crippen LogP contribution in [0.1, 0.15) is 10.4 Å². The van der Waals surface area contributed by atoms with Crippen molar-refractivity contribution in [2.24, 2.45) is 0 Å². The number of aromatic nitrogens is 2. The molecule has 0 bridgehead atoms. The fourth-order valence-corrected chi connectivity index (χ4v) is 3.10. The molecule has 4 amide bonds. The number of amides is 4. The summed E-state index contributed by atoms with van der Waals surface area (Å²) in [5, 5.41) is 4.71. The second-order valence-corrected chi connectivity index (χ2v) is 6.96. The van der Waals surface area contributed by atoms with Crippen LogP contribution in [0.2, 0.25) is 0 Å². The minimum atomic E-state index is -2.15. The summed E-state index contributed by atoms with van der Waals surface area (Å²) in [6, 6.07) is 4.71. The van der Waals surface area contributed by atoms with Crippen LogP contribution in [0, 0.1) is 0 Å². The first kappa shape index (κ1) is 22.5. The molecule has 1 aromatic heterocycles. The van der Waals surface area contributed by atoms with Gasteiger partial charge in [-0.2, -0.15) is 9.97 Å². The number of methoxy groups -OCH3 is 2. The number of benzene rings is 1. The maximum atomic E-state index is 12.8. The van der Waals surface area contributed by atoms with Crippen LogP contribution in [0.3, 0.4) is 0 Å². The molecule has 0 aliphatic carbocycles. The first-order valence-corrected chi connectivity index (χ1v) is 9.46. The minimum absolute atomic E-state index is 0.000147. The highest BCUT2D eigenvalue weighted by atomic mass is 32.2. The summed E-state index contributed by atoms with van der Waals surface area (Å²) < 4.78 is 24.9. The Balaban J connectivity index is 2.26. The molecule has 2 aromatic rings. The van der Waals surface area contributed by atoms with Crippen molar-refractivity contribution in [1.82, 2.24) is 19.6 Å². The predicted octanol–water partition coefficient (Wildman–Crippen LogP) is 0.608. The number of rotatable bonds is 8. The fourth-order valence-electron chi connectivity index (χ4n) is 2.19. The molecule has 1 heterocycles. The van der Waals surface area contributed by atoms with Gasteiger partial charge < -0.3 is 19.7 Å². The topological polar surface area (TPSA) is 152 Å². The van der Waals surface area contributed by atoms with Gasteiger partial charge in [-0.25, -0.2) is 9.00 Å². The van der Waals surface area contributed by atoms with Crippen LogP contribution < -0.4 is 24.8 Å². The van der Waals surface area contributed by atoms with Crippen LogP contribution in [0.15, 0.2) is 29.2 Å². The van der Waals surface area contributed by atoms with Gasteiger partial charge in [-0.05, 0) is 18.2 Å². The Hall–Kier alpha value is -3.74. The molecular weight excluding hydrogens is 416 g/mol. The molecule has 0 saturated heterocycles. The van der Waals surface area contributed by atoms with Crippen molar-refractivity contribution in [2.45, 2.75) is 4.90 Å². The highest BCUT2D eigenvalue weighted by Crippen LogP contribution is 2.20. The molecule has 0 fully saturated rings. The van der Waals surface area contributed by atoms with Crippen molar-refractivity contribution < 1.29 is 28.1 Å². The zero-order chi connectivity index (χ0) is 22.3. The molecule has 1 aromatic carbocycles. The lowest BCUT2D eigenvalue weighted by molar-refractivity contribution is -0.105. The van der Waals surface area contributed by atoms with Gasteiger partial charge >= 0.3 is 6.03 Å². The molecule has 1 atom stereocenters. The van der Waals surface area contributed by atoms with E-state index in [1.807, 2.05) is 0 Å². The number of ether oxygens (including phenoxy) is 2. The van der Waals surface area contributed by atoms with Gasteiger partial charge in [0, 0.05) is 19.8 Å². The highest BCUT2D eigenvalue weighted by molar-refractivity contribution is 7.83. The van der Waals surface area contributed by atoms with E-state index in [1.54, 1.807) is 0 Å². The summed E-state index contributed by atoms with van der Waals surface area (Å²) in [6.45, 7) is 0. The maximum Gasteiger partial charge on any atom is 0.333 e. The number of nitrogens with zero attached hydrogens (tertiary/aromatic N) is 3. The first-order chi connectivity index (χ1) is 14.3. The fraction of sp³-hybridized carbons (Fsp3) is 0.235. The summed E-state index contributed by atoms with van der Waals surface area (Å²) >= 11 is 0. The van der Waals surface area contributed by atoms with E-state index in [4.69, 9.17) is 9.47 Å². The van der Waals surface area contributed by atoms with Gasteiger partial charge in [-0.3, -0.25) is 19.6 Å². The third kappa shape index (κ3) is 5.64. The maximum absolute atomic E-state index is 12.8. The second-order valence-electron chi connectivity index (χ2n) is 5.77. The van der Waals surface area contributed by atoms with E-state index < -0.39 is 22.9 Å². The van der Waals surface area contributed by atoms with E-state index in [1.165, 1.54) is 57.5 Å². The quantitative estimate of drug-likeness (QED) is 0.509. The van der Waals surface area contributed by atoms with Gasteiger partial charge in [-0.15, -0.1) is 0 Å². The number of hydrogen-bond donors (Lipinski definition) is 3. The van der Waals surface area contributed by atoms with Crippen molar-refractivity contribution in [1.29, 1.82) is 0 Å². The summed E-state index contributed by atoms with van der Waals surface area (Å²) in [6.07, 6.45) is 0.434. The van der Waals surface area contributed by atoms with E-state index in [0.717, 1.165) is 0 Å². The lowest BCUT2D eigenvalue weighted by Crippen LogP contribution is -2.32. The van der Waals surface area contributed by atoms with Crippen molar-refractivity contribution in [3.05, 3.63) is 29.8 Å². The lowest BCUT2D eigenvalue weighted by atomic mass is 10.2. The van der Waals surface area contributed by atoms with Crippen molar-refractivity contribution >= 4 is 41.0 Å². The molecule has 30 heavy (non-hydrogen) atoms. The monoisotopic (exact) mass is 436 g/mol. The van der Waals surface area contributed by atoms with E-state index in [-0.39, 0.29) is 28.2 Å². The zero-order valence-corrected chi connectivity index (χ0v) is 17.4. The molecule has 160 valence electrons. The average molecular weight is 436 g/mol. The van der Waals surface area contributed by atoms with Gasteiger partial charge in [0.15, 0.2) is 11.0 Å². The van der Waals surface area contributed by atoms with E-state index in [0.29, 0.717) is 12.1 Å². The van der Waals surface area contributed by atoms with Crippen LogP contribution in [0.4, 0.5) is 16.4 Å².